The number of hydrogen-bond donors (Lipinski definition) is 3. The number of halogens is 2. The van der Waals surface area contributed by atoms with E-state index in [0.29, 0.717) is 40.7 Å². The number of amides is 1. The lowest BCUT2D eigenvalue weighted by Crippen LogP contribution is -2.50. The number of carbonyl (C=O) groups is 2. The average molecular weight is 596 g/mol. The lowest BCUT2D eigenvalue weighted by atomic mass is 9.88. The second-order valence-electron chi connectivity index (χ2n) is 11.1. The fourth-order valence-corrected chi connectivity index (χ4v) is 6.27. The van der Waals surface area contributed by atoms with Gasteiger partial charge in [0.2, 0.25) is 5.91 Å². The molecule has 3 atom stereocenters. The lowest BCUT2D eigenvalue weighted by molar-refractivity contribution is -0.114. The van der Waals surface area contributed by atoms with Gasteiger partial charge in [0.15, 0.2) is 5.78 Å². The maximum absolute atomic E-state index is 13.0. The Balaban J connectivity index is 1.44. The minimum absolute atomic E-state index is 0.0267. The van der Waals surface area contributed by atoms with Gasteiger partial charge in [0.1, 0.15) is 0 Å². The number of nitrogens with one attached hydrogen (secondary N) is 2. The first-order chi connectivity index (χ1) is 19.7. The van der Waals surface area contributed by atoms with Crippen LogP contribution in [0, 0.1) is 0 Å². The summed E-state index contributed by atoms with van der Waals surface area (Å²) in [5, 5.41) is 18.3. The van der Waals surface area contributed by atoms with Crippen molar-refractivity contribution in [1.82, 2.24) is 15.2 Å². The minimum atomic E-state index is -0.611. The molecule has 1 amide bonds. The highest BCUT2D eigenvalue weighted by Gasteiger charge is 2.32. The molecule has 0 radical (unpaired) electrons. The zero-order valence-electron chi connectivity index (χ0n) is 23.4. The normalized spacial score (nSPS) is 18.2. The summed E-state index contributed by atoms with van der Waals surface area (Å²) in [6.07, 6.45) is 2.95. The largest absolute Gasteiger partial charge is 0.387 e. The highest BCUT2D eigenvalue weighted by Crippen LogP contribution is 2.39. The fraction of sp³-hybridized carbons (Fsp3) is 0.406. The van der Waals surface area contributed by atoms with Gasteiger partial charge in [-0.3, -0.25) is 24.8 Å². The van der Waals surface area contributed by atoms with Crippen molar-refractivity contribution in [1.29, 1.82) is 0 Å². The first-order valence-corrected chi connectivity index (χ1v) is 15.0. The number of nitrogens with zero attached hydrogens (tertiary/aromatic N) is 2. The number of aliphatic hydroxyl groups is 1. The monoisotopic (exact) mass is 594 g/mol. The topological polar surface area (TPSA) is 94.6 Å². The van der Waals surface area contributed by atoms with E-state index >= 15 is 0 Å². The Hall–Kier alpha value is -2.81. The molecule has 9 heteroatoms. The molecule has 3 N–H and O–H groups in total. The number of Topliss-reactive ketones (excluding diaryl/α,β-unsaturated/α-hetero) is 1. The van der Waals surface area contributed by atoms with Gasteiger partial charge >= 0.3 is 0 Å². The van der Waals surface area contributed by atoms with Gasteiger partial charge < -0.3 is 10.4 Å². The molecule has 5 rings (SSSR count). The third kappa shape index (κ3) is 6.82. The van der Waals surface area contributed by atoms with Gasteiger partial charge in [-0.05, 0) is 49.3 Å². The Morgan fingerprint density at radius 3 is 2.61 bits per heavy atom. The molecule has 0 spiro atoms. The number of benzene rings is 2. The van der Waals surface area contributed by atoms with Crippen LogP contribution >= 0.6 is 23.2 Å². The molecule has 1 aromatic heterocycles. The highest BCUT2D eigenvalue weighted by molar-refractivity contribution is 6.42. The summed E-state index contributed by atoms with van der Waals surface area (Å²) >= 11 is 12.5. The van der Waals surface area contributed by atoms with Gasteiger partial charge in [0.05, 0.1) is 40.2 Å². The van der Waals surface area contributed by atoms with E-state index in [1.54, 1.807) is 0 Å². The van der Waals surface area contributed by atoms with Gasteiger partial charge in [-0.1, -0.05) is 66.5 Å². The van der Waals surface area contributed by atoms with Crippen LogP contribution in [0.15, 0.2) is 48.5 Å². The van der Waals surface area contributed by atoms with E-state index in [4.69, 9.17) is 28.2 Å². The maximum atomic E-state index is 13.0. The number of carbonyl (C=O) groups excluding carboxylic acids is 2. The van der Waals surface area contributed by atoms with Crippen LogP contribution in [0.2, 0.25) is 10.0 Å². The van der Waals surface area contributed by atoms with Crippen molar-refractivity contribution in [2.24, 2.45) is 0 Å². The number of rotatable bonds is 9. The average Bonchev–Trinajstić information content (AvgIpc) is 2.97. The predicted molar refractivity (Wildman–Crippen MR) is 163 cm³/mol. The molecule has 0 fully saturated rings. The number of fused-ring (bicyclic) bond motifs is 2. The molecule has 0 saturated heterocycles. The number of aliphatic hydroxyl groups excluding tert-OH is 1. The lowest BCUT2D eigenvalue weighted by Gasteiger charge is -2.39. The van der Waals surface area contributed by atoms with Crippen molar-refractivity contribution in [3.63, 3.8) is 0 Å². The number of pyridine rings is 1. The van der Waals surface area contributed by atoms with Crippen molar-refractivity contribution in [3.8, 4) is 0 Å². The van der Waals surface area contributed by atoms with Crippen molar-refractivity contribution in [3.05, 3.63) is 92.2 Å². The number of hydrogen-bond acceptors (Lipinski definition) is 6. The Bertz CT molecular complexity index is 1430. The van der Waals surface area contributed by atoms with Crippen LogP contribution in [-0.4, -0.2) is 45.9 Å². The summed E-state index contributed by atoms with van der Waals surface area (Å²) in [5.41, 5.74) is 6.07. The fourth-order valence-electron chi connectivity index (χ4n) is 5.96. The molecule has 41 heavy (non-hydrogen) atoms. The molecular weight excluding hydrogens is 559 g/mol. The van der Waals surface area contributed by atoms with Crippen LogP contribution in [0.3, 0.4) is 0 Å². The number of ketones is 1. The van der Waals surface area contributed by atoms with Gasteiger partial charge in [0.25, 0.3) is 0 Å². The van der Waals surface area contributed by atoms with Gasteiger partial charge in [-0.15, -0.1) is 0 Å². The predicted octanol–water partition coefficient (Wildman–Crippen LogP) is 6.07. The second-order valence-corrected chi connectivity index (χ2v) is 11.9. The standard InChI is InChI=1S/C32H36Cl2N4O3/c1-19(22-11-12-25(33)26(34)16-22)15-30(35-17-29(41)21-7-4-3-5-8-21)38-14-13-27-24(18-38)31(36-20(2)39)23-9-6-10-28(40)32(23)37-27/h3-5,7-8,11-12,16,19,28,30,35,40H,6,9-10,13-15,17-18H2,1-2H3,(H,36,37,39). The molecule has 7 nitrogen and oxygen atoms in total. The zero-order valence-corrected chi connectivity index (χ0v) is 24.9. The van der Waals surface area contributed by atoms with E-state index in [1.807, 2.05) is 48.5 Å². The molecule has 2 aliphatic rings. The van der Waals surface area contributed by atoms with Crippen LogP contribution in [-0.2, 0) is 24.2 Å². The van der Waals surface area contributed by atoms with E-state index in [9.17, 15) is 14.7 Å². The van der Waals surface area contributed by atoms with E-state index in [-0.39, 0.29) is 30.3 Å². The molecular formula is C32H36Cl2N4O3. The molecule has 216 valence electrons. The smallest absolute Gasteiger partial charge is 0.221 e. The summed E-state index contributed by atoms with van der Waals surface area (Å²) in [6, 6.07) is 15.0. The highest BCUT2D eigenvalue weighted by atomic mass is 35.5. The Labute approximate surface area is 251 Å². The summed E-state index contributed by atoms with van der Waals surface area (Å²) in [7, 11) is 0. The van der Waals surface area contributed by atoms with Gasteiger partial charge in [0, 0.05) is 48.8 Å². The third-order valence-corrected chi connectivity index (χ3v) is 8.90. The van der Waals surface area contributed by atoms with Crippen LogP contribution in [0.5, 0.6) is 0 Å². The SMILES string of the molecule is CC(=O)Nc1c2c(nc3c1CCCC3O)CCN(C(CC(C)c1ccc(Cl)c(Cl)c1)NCC(=O)c1ccccc1)C2. The van der Waals surface area contributed by atoms with Crippen LogP contribution in [0.4, 0.5) is 5.69 Å². The Morgan fingerprint density at radius 1 is 1.10 bits per heavy atom. The van der Waals surface area contributed by atoms with E-state index in [1.165, 1.54) is 6.92 Å². The molecule has 2 heterocycles. The zero-order chi connectivity index (χ0) is 29.1. The van der Waals surface area contributed by atoms with Crippen LogP contribution in [0.1, 0.15) is 83.6 Å². The molecule has 1 aliphatic heterocycles. The van der Waals surface area contributed by atoms with Crippen LogP contribution < -0.4 is 10.6 Å². The van der Waals surface area contributed by atoms with Crippen molar-refractivity contribution < 1.29 is 14.7 Å². The van der Waals surface area contributed by atoms with E-state index < -0.39 is 6.10 Å². The van der Waals surface area contributed by atoms with Gasteiger partial charge in [-0.2, -0.15) is 0 Å². The minimum Gasteiger partial charge on any atom is -0.387 e. The molecule has 2 aromatic carbocycles. The molecule has 0 bridgehead atoms. The van der Waals surface area contributed by atoms with E-state index in [0.717, 1.165) is 53.9 Å². The summed E-state index contributed by atoms with van der Waals surface area (Å²) in [4.78, 5) is 32.5. The summed E-state index contributed by atoms with van der Waals surface area (Å²) in [6.45, 7) is 5.14. The maximum Gasteiger partial charge on any atom is 0.221 e. The van der Waals surface area contributed by atoms with Crippen molar-refractivity contribution in [2.75, 3.05) is 18.4 Å². The molecule has 1 aliphatic carbocycles. The summed E-state index contributed by atoms with van der Waals surface area (Å²) < 4.78 is 0. The quantitative estimate of drug-likeness (QED) is 0.260. The third-order valence-electron chi connectivity index (χ3n) is 8.16. The summed E-state index contributed by atoms with van der Waals surface area (Å²) in [5.74, 6) is 0.00938. The van der Waals surface area contributed by atoms with Crippen LogP contribution in [0.25, 0.3) is 0 Å². The molecule has 3 aromatic rings. The second kappa shape index (κ2) is 13.0. The first-order valence-electron chi connectivity index (χ1n) is 14.2. The Kier molecular flexibility index (Phi) is 9.42. The first kappa shape index (κ1) is 29.7. The van der Waals surface area contributed by atoms with Crippen molar-refractivity contribution >= 4 is 40.6 Å². The van der Waals surface area contributed by atoms with Gasteiger partial charge in [-0.25, -0.2) is 0 Å². The molecule has 0 saturated carbocycles. The molecule has 3 unspecified atom stereocenters. The Morgan fingerprint density at radius 2 is 1.88 bits per heavy atom. The number of anilines is 1. The van der Waals surface area contributed by atoms with E-state index in [2.05, 4.69) is 22.5 Å². The van der Waals surface area contributed by atoms with Crippen molar-refractivity contribution in [2.45, 2.75) is 70.7 Å². The number of aromatic nitrogens is 1.